The van der Waals surface area contributed by atoms with Crippen molar-refractivity contribution in [1.29, 1.82) is 0 Å². The number of aliphatic hydroxyl groups excluding tert-OH is 1. The first-order valence-corrected chi connectivity index (χ1v) is 7.02. The fourth-order valence-electron chi connectivity index (χ4n) is 2.00. The molecule has 2 aromatic rings. The van der Waals surface area contributed by atoms with Crippen LogP contribution in [0.1, 0.15) is 17.2 Å². The fraction of sp³-hybridized carbons (Fsp3) is 0.250. The molecule has 1 atom stereocenters. The summed E-state index contributed by atoms with van der Waals surface area (Å²) in [6.07, 6.45) is -0.230. The SMILES string of the molecule is OC(CNCCc1ccc(Cl)cc1)c1ccc(F)cc1F. The predicted octanol–water partition coefficient (Wildman–Crippen LogP) is 3.48. The number of halogens is 3. The molecule has 0 saturated carbocycles. The summed E-state index contributed by atoms with van der Waals surface area (Å²) in [5.41, 5.74) is 1.21. The van der Waals surface area contributed by atoms with Gasteiger partial charge >= 0.3 is 0 Å². The van der Waals surface area contributed by atoms with E-state index in [-0.39, 0.29) is 12.1 Å². The summed E-state index contributed by atoms with van der Waals surface area (Å²) in [4.78, 5) is 0. The molecule has 21 heavy (non-hydrogen) atoms. The molecule has 0 aliphatic rings. The Morgan fingerprint density at radius 1 is 1.10 bits per heavy atom. The van der Waals surface area contributed by atoms with Crippen LogP contribution in [-0.4, -0.2) is 18.2 Å². The van der Waals surface area contributed by atoms with Crippen LogP contribution >= 0.6 is 11.6 Å². The highest BCUT2D eigenvalue weighted by molar-refractivity contribution is 6.30. The van der Waals surface area contributed by atoms with Gasteiger partial charge in [0, 0.05) is 23.2 Å². The standard InChI is InChI=1S/C16H16ClF2NO/c17-12-3-1-11(2-4-12)7-8-20-10-16(21)14-6-5-13(18)9-15(14)19/h1-6,9,16,20-21H,7-8,10H2. The first-order valence-electron chi connectivity index (χ1n) is 6.64. The van der Waals surface area contributed by atoms with E-state index in [9.17, 15) is 13.9 Å². The molecule has 0 amide bonds. The van der Waals surface area contributed by atoms with Gasteiger partial charge in [-0.25, -0.2) is 8.78 Å². The van der Waals surface area contributed by atoms with Crippen LogP contribution in [0.3, 0.4) is 0 Å². The minimum atomic E-state index is -1.00. The zero-order valence-corrected chi connectivity index (χ0v) is 12.1. The summed E-state index contributed by atoms with van der Waals surface area (Å²) in [5.74, 6) is -1.39. The Kier molecular flexibility index (Phi) is 5.67. The van der Waals surface area contributed by atoms with Crippen LogP contribution in [0.5, 0.6) is 0 Å². The molecule has 2 rings (SSSR count). The van der Waals surface area contributed by atoms with E-state index in [0.29, 0.717) is 11.6 Å². The predicted molar refractivity (Wildman–Crippen MR) is 79.3 cm³/mol. The van der Waals surface area contributed by atoms with Crippen LogP contribution in [-0.2, 0) is 6.42 Å². The highest BCUT2D eigenvalue weighted by atomic mass is 35.5. The maximum atomic E-state index is 13.5. The third-order valence-corrected chi connectivity index (χ3v) is 3.41. The van der Waals surface area contributed by atoms with Crippen molar-refractivity contribution in [1.82, 2.24) is 5.32 Å². The second-order valence-electron chi connectivity index (χ2n) is 4.76. The van der Waals surface area contributed by atoms with Crippen molar-refractivity contribution in [3.05, 3.63) is 70.2 Å². The maximum absolute atomic E-state index is 13.5. The van der Waals surface area contributed by atoms with Gasteiger partial charge in [-0.3, -0.25) is 0 Å². The van der Waals surface area contributed by atoms with Crippen molar-refractivity contribution in [2.45, 2.75) is 12.5 Å². The van der Waals surface area contributed by atoms with Crippen molar-refractivity contribution in [3.63, 3.8) is 0 Å². The van der Waals surface area contributed by atoms with Gasteiger partial charge in [-0.1, -0.05) is 29.8 Å². The zero-order chi connectivity index (χ0) is 15.2. The normalized spacial score (nSPS) is 12.4. The summed E-state index contributed by atoms with van der Waals surface area (Å²) in [6.45, 7) is 0.845. The first kappa shape index (κ1) is 15.9. The number of nitrogens with one attached hydrogen (secondary N) is 1. The van der Waals surface area contributed by atoms with Crippen LogP contribution in [0, 0.1) is 11.6 Å². The second kappa shape index (κ2) is 7.50. The van der Waals surface area contributed by atoms with Gasteiger partial charge in [0.25, 0.3) is 0 Å². The van der Waals surface area contributed by atoms with Crippen LogP contribution in [0.25, 0.3) is 0 Å². The summed E-state index contributed by atoms with van der Waals surface area (Å²) < 4.78 is 26.3. The minimum absolute atomic E-state index is 0.0930. The summed E-state index contributed by atoms with van der Waals surface area (Å²) in [5, 5.41) is 13.6. The molecule has 1 unspecified atom stereocenters. The number of hydrogen-bond acceptors (Lipinski definition) is 2. The summed E-state index contributed by atoms with van der Waals surface area (Å²) in [7, 11) is 0. The summed E-state index contributed by atoms with van der Waals surface area (Å²) >= 11 is 5.80. The molecule has 0 bridgehead atoms. The maximum Gasteiger partial charge on any atom is 0.131 e. The topological polar surface area (TPSA) is 32.3 Å². The highest BCUT2D eigenvalue weighted by Gasteiger charge is 2.12. The number of rotatable bonds is 6. The Hall–Kier alpha value is -1.49. The largest absolute Gasteiger partial charge is 0.387 e. The Balaban J connectivity index is 1.79. The molecule has 0 saturated heterocycles. The van der Waals surface area contributed by atoms with Gasteiger partial charge in [0.1, 0.15) is 11.6 Å². The Morgan fingerprint density at radius 2 is 1.81 bits per heavy atom. The zero-order valence-electron chi connectivity index (χ0n) is 11.3. The minimum Gasteiger partial charge on any atom is -0.387 e. The van der Waals surface area contributed by atoms with Crippen molar-refractivity contribution in [2.75, 3.05) is 13.1 Å². The van der Waals surface area contributed by atoms with E-state index in [1.807, 2.05) is 24.3 Å². The lowest BCUT2D eigenvalue weighted by Gasteiger charge is -2.13. The molecule has 5 heteroatoms. The smallest absolute Gasteiger partial charge is 0.131 e. The molecule has 0 heterocycles. The van der Waals surface area contributed by atoms with E-state index >= 15 is 0 Å². The van der Waals surface area contributed by atoms with Gasteiger partial charge in [0.05, 0.1) is 6.10 Å². The summed E-state index contributed by atoms with van der Waals surface area (Å²) in [6, 6.07) is 10.7. The highest BCUT2D eigenvalue weighted by Crippen LogP contribution is 2.17. The van der Waals surface area contributed by atoms with Crippen molar-refractivity contribution in [3.8, 4) is 0 Å². The molecule has 0 spiro atoms. The molecule has 2 aromatic carbocycles. The van der Waals surface area contributed by atoms with Crippen molar-refractivity contribution < 1.29 is 13.9 Å². The lowest BCUT2D eigenvalue weighted by molar-refractivity contribution is 0.170. The van der Waals surface area contributed by atoms with Crippen molar-refractivity contribution in [2.24, 2.45) is 0 Å². The third kappa shape index (κ3) is 4.77. The molecule has 0 aliphatic carbocycles. The van der Waals surface area contributed by atoms with Crippen molar-refractivity contribution >= 4 is 11.6 Å². The average molecular weight is 312 g/mol. The van der Waals surface area contributed by atoms with Gasteiger partial charge in [0.2, 0.25) is 0 Å². The molecule has 0 aliphatic heterocycles. The van der Waals surface area contributed by atoms with Gasteiger partial charge in [-0.15, -0.1) is 0 Å². The molecule has 2 N–H and O–H groups in total. The molecular formula is C16H16ClF2NO. The number of benzene rings is 2. The second-order valence-corrected chi connectivity index (χ2v) is 5.20. The van der Waals surface area contributed by atoms with E-state index < -0.39 is 17.7 Å². The van der Waals surface area contributed by atoms with Crippen LogP contribution in [0.4, 0.5) is 8.78 Å². The Bertz CT molecular complexity index is 589. The number of hydrogen-bond donors (Lipinski definition) is 2. The first-order chi connectivity index (χ1) is 10.1. The molecule has 112 valence electrons. The molecule has 0 fully saturated rings. The van der Waals surface area contributed by atoms with Gasteiger partial charge in [-0.05, 0) is 36.7 Å². The van der Waals surface area contributed by atoms with E-state index in [0.717, 1.165) is 24.1 Å². The molecule has 2 nitrogen and oxygen atoms in total. The van der Waals surface area contributed by atoms with Crippen LogP contribution in [0.2, 0.25) is 5.02 Å². The lowest BCUT2D eigenvalue weighted by Crippen LogP contribution is -2.24. The third-order valence-electron chi connectivity index (χ3n) is 3.16. The van der Waals surface area contributed by atoms with Crippen LogP contribution < -0.4 is 5.32 Å². The quantitative estimate of drug-likeness (QED) is 0.801. The number of aliphatic hydroxyl groups is 1. The van der Waals surface area contributed by atoms with E-state index in [1.165, 1.54) is 6.07 Å². The average Bonchev–Trinajstić information content (AvgIpc) is 2.45. The Morgan fingerprint density at radius 3 is 2.48 bits per heavy atom. The van der Waals surface area contributed by atoms with Gasteiger partial charge < -0.3 is 10.4 Å². The monoisotopic (exact) mass is 311 g/mol. The molecule has 0 radical (unpaired) electrons. The van der Waals surface area contributed by atoms with E-state index in [2.05, 4.69) is 5.32 Å². The van der Waals surface area contributed by atoms with Gasteiger partial charge in [-0.2, -0.15) is 0 Å². The van der Waals surface area contributed by atoms with Crippen LogP contribution in [0.15, 0.2) is 42.5 Å². The Labute approximate surface area is 127 Å². The van der Waals surface area contributed by atoms with E-state index in [4.69, 9.17) is 11.6 Å². The van der Waals surface area contributed by atoms with E-state index in [1.54, 1.807) is 0 Å². The van der Waals surface area contributed by atoms with Gasteiger partial charge in [0.15, 0.2) is 0 Å². The molecule has 0 aromatic heterocycles. The lowest BCUT2D eigenvalue weighted by atomic mass is 10.1. The fourth-order valence-corrected chi connectivity index (χ4v) is 2.13. The molecular weight excluding hydrogens is 296 g/mol.